The van der Waals surface area contributed by atoms with Gasteiger partial charge in [0.2, 0.25) is 0 Å². The van der Waals surface area contributed by atoms with Gasteiger partial charge in [-0.15, -0.1) is 0 Å². The lowest BCUT2D eigenvalue weighted by Crippen LogP contribution is -2.09. The van der Waals surface area contributed by atoms with Crippen molar-refractivity contribution in [2.75, 3.05) is 13.2 Å². The third kappa shape index (κ3) is 5.15. The van der Waals surface area contributed by atoms with Crippen LogP contribution in [0.3, 0.4) is 0 Å². The molecule has 92 valence electrons. The van der Waals surface area contributed by atoms with Gasteiger partial charge >= 0.3 is 11.9 Å². The van der Waals surface area contributed by atoms with Crippen molar-refractivity contribution in [3.05, 3.63) is 35.4 Å². The summed E-state index contributed by atoms with van der Waals surface area (Å²) in [5, 5.41) is 0. The van der Waals surface area contributed by atoms with Crippen LogP contribution in [-0.2, 0) is 14.3 Å². The Morgan fingerprint density at radius 2 is 1.65 bits per heavy atom. The molecular weight excluding hydrogens is 220 g/mol. The van der Waals surface area contributed by atoms with Gasteiger partial charge in [-0.05, 0) is 19.1 Å². The molecule has 0 radical (unpaired) electrons. The van der Waals surface area contributed by atoms with Gasteiger partial charge in [-0.1, -0.05) is 17.7 Å². The molecule has 0 saturated carbocycles. The number of hydrogen-bond donors (Lipinski definition) is 0. The first kappa shape index (κ1) is 13.2. The van der Waals surface area contributed by atoms with Gasteiger partial charge in [0.1, 0.15) is 0 Å². The van der Waals surface area contributed by atoms with E-state index in [2.05, 4.69) is 0 Å². The predicted molar refractivity (Wildman–Crippen MR) is 62.7 cm³/mol. The minimum Gasteiger partial charge on any atom is -0.466 e. The standard InChI is InChI=1S/C13H16O4/c1-10-4-6-12(7-5-10)13(15)17-9-3-8-16-11(2)14/h4-7H,3,8-9H2,1-2H3. The first-order chi connectivity index (χ1) is 8.09. The van der Waals surface area contributed by atoms with Gasteiger partial charge < -0.3 is 9.47 Å². The minimum atomic E-state index is -0.354. The van der Waals surface area contributed by atoms with Crippen LogP contribution >= 0.6 is 0 Å². The number of carbonyl (C=O) groups is 2. The van der Waals surface area contributed by atoms with E-state index in [1.54, 1.807) is 12.1 Å². The number of rotatable bonds is 5. The first-order valence-electron chi connectivity index (χ1n) is 5.47. The number of esters is 2. The Hall–Kier alpha value is -1.84. The normalized spacial score (nSPS) is 9.76. The lowest BCUT2D eigenvalue weighted by molar-refractivity contribution is -0.141. The van der Waals surface area contributed by atoms with E-state index in [9.17, 15) is 9.59 Å². The van der Waals surface area contributed by atoms with Crippen LogP contribution in [0.4, 0.5) is 0 Å². The van der Waals surface area contributed by atoms with Crippen LogP contribution in [-0.4, -0.2) is 25.2 Å². The summed E-state index contributed by atoms with van der Waals surface area (Å²) in [5.74, 6) is -0.678. The van der Waals surface area contributed by atoms with Crippen LogP contribution in [0.15, 0.2) is 24.3 Å². The number of hydrogen-bond acceptors (Lipinski definition) is 4. The fraction of sp³-hybridized carbons (Fsp3) is 0.385. The van der Waals surface area contributed by atoms with Gasteiger partial charge in [-0.3, -0.25) is 4.79 Å². The fourth-order valence-corrected chi connectivity index (χ4v) is 1.21. The zero-order valence-electron chi connectivity index (χ0n) is 10.1. The van der Waals surface area contributed by atoms with Crippen molar-refractivity contribution in [3.8, 4) is 0 Å². The zero-order chi connectivity index (χ0) is 12.7. The van der Waals surface area contributed by atoms with Gasteiger partial charge in [0, 0.05) is 13.3 Å². The van der Waals surface area contributed by atoms with Gasteiger partial charge in [-0.2, -0.15) is 0 Å². The topological polar surface area (TPSA) is 52.6 Å². The van der Waals surface area contributed by atoms with Crippen LogP contribution in [0.25, 0.3) is 0 Å². The maximum atomic E-state index is 11.5. The molecule has 1 rings (SSSR count). The van der Waals surface area contributed by atoms with Crippen molar-refractivity contribution in [1.82, 2.24) is 0 Å². The van der Waals surface area contributed by atoms with Crippen LogP contribution in [0.5, 0.6) is 0 Å². The van der Waals surface area contributed by atoms with E-state index in [1.165, 1.54) is 6.92 Å². The number of benzene rings is 1. The SMILES string of the molecule is CC(=O)OCCCOC(=O)c1ccc(C)cc1. The molecule has 1 aromatic rings. The summed E-state index contributed by atoms with van der Waals surface area (Å²) in [6.07, 6.45) is 0.511. The molecule has 1 aromatic carbocycles. The second-order valence-corrected chi connectivity index (χ2v) is 3.70. The molecule has 0 bridgehead atoms. The molecule has 0 saturated heterocycles. The summed E-state index contributed by atoms with van der Waals surface area (Å²) in [6, 6.07) is 7.17. The van der Waals surface area contributed by atoms with Gasteiger partial charge in [-0.25, -0.2) is 4.79 Å². The molecular formula is C13H16O4. The average molecular weight is 236 g/mol. The van der Waals surface area contributed by atoms with E-state index >= 15 is 0 Å². The Labute approximate surface area is 101 Å². The maximum Gasteiger partial charge on any atom is 0.338 e. The van der Waals surface area contributed by atoms with E-state index in [0.29, 0.717) is 12.0 Å². The molecule has 0 spiro atoms. The quantitative estimate of drug-likeness (QED) is 0.580. The smallest absolute Gasteiger partial charge is 0.338 e. The summed E-state index contributed by atoms with van der Waals surface area (Å²) in [7, 11) is 0. The molecule has 0 aliphatic carbocycles. The summed E-state index contributed by atoms with van der Waals surface area (Å²) in [4.78, 5) is 22.0. The summed E-state index contributed by atoms with van der Waals surface area (Å²) in [5.41, 5.74) is 1.62. The average Bonchev–Trinajstić information content (AvgIpc) is 2.29. The molecule has 0 N–H and O–H groups in total. The molecule has 0 amide bonds. The predicted octanol–water partition coefficient (Wildman–Crippen LogP) is 2.11. The van der Waals surface area contributed by atoms with Gasteiger partial charge in [0.25, 0.3) is 0 Å². The van der Waals surface area contributed by atoms with Crippen molar-refractivity contribution in [2.24, 2.45) is 0 Å². The summed E-state index contributed by atoms with van der Waals surface area (Å²) in [6.45, 7) is 3.82. The van der Waals surface area contributed by atoms with Crippen molar-refractivity contribution < 1.29 is 19.1 Å². The lowest BCUT2D eigenvalue weighted by Gasteiger charge is -2.05. The highest BCUT2D eigenvalue weighted by Gasteiger charge is 2.05. The Morgan fingerprint density at radius 1 is 1.06 bits per heavy atom. The van der Waals surface area contributed by atoms with Crippen LogP contribution < -0.4 is 0 Å². The number of ether oxygens (including phenoxy) is 2. The Morgan fingerprint density at radius 3 is 2.24 bits per heavy atom. The van der Waals surface area contributed by atoms with Gasteiger partial charge in [0.05, 0.1) is 18.8 Å². The third-order valence-electron chi connectivity index (χ3n) is 2.11. The Bertz CT molecular complexity index is 381. The fourth-order valence-electron chi connectivity index (χ4n) is 1.21. The van der Waals surface area contributed by atoms with Crippen LogP contribution in [0.1, 0.15) is 29.3 Å². The molecule has 0 aliphatic heterocycles. The summed E-state index contributed by atoms with van der Waals surface area (Å²) >= 11 is 0. The molecule has 0 aromatic heterocycles. The van der Waals surface area contributed by atoms with E-state index in [1.807, 2.05) is 19.1 Å². The molecule has 4 nitrogen and oxygen atoms in total. The maximum absolute atomic E-state index is 11.5. The first-order valence-corrected chi connectivity index (χ1v) is 5.47. The molecule has 0 fully saturated rings. The van der Waals surface area contributed by atoms with Crippen LogP contribution in [0, 0.1) is 6.92 Å². The largest absolute Gasteiger partial charge is 0.466 e. The number of aryl methyl sites for hydroxylation is 1. The zero-order valence-corrected chi connectivity index (χ0v) is 10.1. The monoisotopic (exact) mass is 236 g/mol. The molecule has 17 heavy (non-hydrogen) atoms. The molecule has 0 atom stereocenters. The van der Waals surface area contributed by atoms with Gasteiger partial charge in [0.15, 0.2) is 0 Å². The second-order valence-electron chi connectivity index (χ2n) is 3.70. The van der Waals surface area contributed by atoms with E-state index in [0.717, 1.165) is 5.56 Å². The second kappa shape index (κ2) is 6.68. The molecule has 0 aliphatic rings. The van der Waals surface area contributed by atoms with Crippen molar-refractivity contribution in [3.63, 3.8) is 0 Å². The molecule has 4 heteroatoms. The highest BCUT2D eigenvalue weighted by molar-refractivity contribution is 5.89. The highest BCUT2D eigenvalue weighted by Crippen LogP contribution is 2.05. The molecule has 0 heterocycles. The molecule has 0 unspecified atom stereocenters. The van der Waals surface area contributed by atoms with Crippen molar-refractivity contribution in [1.29, 1.82) is 0 Å². The lowest BCUT2D eigenvalue weighted by atomic mass is 10.1. The third-order valence-corrected chi connectivity index (χ3v) is 2.11. The number of carbonyl (C=O) groups excluding carboxylic acids is 2. The van der Waals surface area contributed by atoms with E-state index < -0.39 is 0 Å². The Balaban J connectivity index is 2.25. The summed E-state index contributed by atoms with van der Waals surface area (Å²) < 4.78 is 9.73. The highest BCUT2D eigenvalue weighted by atomic mass is 16.5. The minimum absolute atomic E-state index is 0.250. The van der Waals surface area contributed by atoms with Crippen LogP contribution in [0.2, 0.25) is 0 Å². The Kier molecular flexibility index (Phi) is 5.20. The van der Waals surface area contributed by atoms with E-state index in [4.69, 9.17) is 9.47 Å². The van der Waals surface area contributed by atoms with E-state index in [-0.39, 0.29) is 25.2 Å². The van der Waals surface area contributed by atoms with Crippen molar-refractivity contribution in [2.45, 2.75) is 20.3 Å². The van der Waals surface area contributed by atoms with Crippen molar-refractivity contribution >= 4 is 11.9 Å².